The van der Waals surface area contributed by atoms with E-state index in [2.05, 4.69) is 6.92 Å². The minimum Gasteiger partial charge on any atom is -0.379 e. The first kappa shape index (κ1) is 12.5. The third-order valence-corrected chi connectivity index (χ3v) is 3.78. The first-order valence-electron chi connectivity index (χ1n) is 5.83. The molecule has 15 heavy (non-hydrogen) atoms. The molecule has 1 N–H and O–H groups in total. The van der Waals surface area contributed by atoms with E-state index in [9.17, 15) is 9.90 Å². The number of unbranched alkanes of at least 4 members (excludes halogenated alkanes) is 1. The van der Waals surface area contributed by atoms with Gasteiger partial charge in [0.1, 0.15) is 5.60 Å². The first-order valence-corrected chi connectivity index (χ1v) is 5.83. The van der Waals surface area contributed by atoms with E-state index in [4.69, 9.17) is 0 Å². The van der Waals surface area contributed by atoms with Crippen LogP contribution in [0.5, 0.6) is 0 Å². The fourth-order valence-electron chi connectivity index (χ4n) is 2.31. The molecule has 0 radical (unpaired) electrons. The Hall–Kier alpha value is -0.570. The molecular weight excluding hydrogens is 190 g/mol. The van der Waals surface area contributed by atoms with Gasteiger partial charge in [0.2, 0.25) is 0 Å². The van der Waals surface area contributed by atoms with Crippen LogP contribution in [0, 0.1) is 5.41 Å². The maximum absolute atomic E-state index is 11.9. The van der Waals surface area contributed by atoms with E-state index in [0.717, 1.165) is 19.3 Å². The second kappa shape index (κ2) is 4.12. The number of aliphatic hydroxyl groups is 1. The van der Waals surface area contributed by atoms with Crippen LogP contribution in [0.1, 0.15) is 46.5 Å². The maximum Gasteiger partial charge on any atom is 0.254 e. The molecule has 0 aromatic rings. The van der Waals surface area contributed by atoms with E-state index in [0.29, 0.717) is 13.0 Å². The van der Waals surface area contributed by atoms with Crippen molar-refractivity contribution in [1.29, 1.82) is 0 Å². The molecule has 0 spiro atoms. The van der Waals surface area contributed by atoms with Crippen LogP contribution < -0.4 is 0 Å². The molecule has 3 nitrogen and oxygen atoms in total. The minimum atomic E-state index is -1.14. The van der Waals surface area contributed by atoms with Crippen molar-refractivity contribution >= 4 is 5.91 Å². The number of nitrogens with zero attached hydrogens (tertiary/aromatic N) is 1. The second-order valence-electron chi connectivity index (χ2n) is 5.32. The lowest BCUT2D eigenvalue weighted by atomic mass is 9.70. The van der Waals surface area contributed by atoms with Crippen LogP contribution in [0.25, 0.3) is 0 Å². The Kier molecular flexibility index (Phi) is 3.44. The molecule has 1 unspecified atom stereocenters. The molecule has 0 aromatic carbocycles. The van der Waals surface area contributed by atoms with Crippen molar-refractivity contribution in [3.63, 3.8) is 0 Å². The van der Waals surface area contributed by atoms with Crippen LogP contribution in [-0.2, 0) is 4.79 Å². The predicted molar refractivity (Wildman–Crippen MR) is 60.5 cm³/mol. The number of amides is 1. The van der Waals surface area contributed by atoms with Gasteiger partial charge in [0, 0.05) is 25.4 Å². The number of rotatable bonds is 4. The predicted octanol–water partition coefficient (Wildman–Crippen LogP) is 1.80. The Morgan fingerprint density at radius 2 is 2.13 bits per heavy atom. The van der Waals surface area contributed by atoms with Gasteiger partial charge in [-0.3, -0.25) is 4.79 Å². The van der Waals surface area contributed by atoms with Crippen molar-refractivity contribution < 1.29 is 9.90 Å². The van der Waals surface area contributed by atoms with E-state index in [-0.39, 0.29) is 11.3 Å². The van der Waals surface area contributed by atoms with E-state index in [1.165, 1.54) is 0 Å². The van der Waals surface area contributed by atoms with E-state index >= 15 is 0 Å². The van der Waals surface area contributed by atoms with Gasteiger partial charge in [0.05, 0.1) is 0 Å². The smallest absolute Gasteiger partial charge is 0.254 e. The Morgan fingerprint density at radius 3 is 2.53 bits per heavy atom. The number of carbonyl (C=O) groups excluding carboxylic acids is 1. The lowest BCUT2D eigenvalue weighted by Gasteiger charge is -2.38. The van der Waals surface area contributed by atoms with Crippen LogP contribution in [-0.4, -0.2) is 35.1 Å². The van der Waals surface area contributed by atoms with Gasteiger partial charge in [-0.15, -0.1) is 0 Å². The average molecular weight is 213 g/mol. The highest BCUT2D eigenvalue weighted by molar-refractivity contribution is 5.87. The zero-order valence-corrected chi connectivity index (χ0v) is 10.3. The van der Waals surface area contributed by atoms with Gasteiger partial charge in [-0.2, -0.15) is 0 Å². The van der Waals surface area contributed by atoms with Crippen LogP contribution in [0.2, 0.25) is 0 Å². The SMILES string of the molecule is CCCCC(C)(C)C1(O)CCN(C)C1=O. The van der Waals surface area contributed by atoms with Crippen LogP contribution in [0.3, 0.4) is 0 Å². The standard InChI is InChI=1S/C12H23NO2/c1-5-6-7-11(2,3)12(15)8-9-13(4)10(12)14/h15H,5-9H2,1-4H3. The van der Waals surface area contributed by atoms with E-state index in [1.807, 2.05) is 13.8 Å². The zero-order valence-electron chi connectivity index (χ0n) is 10.3. The summed E-state index contributed by atoms with van der Waals surface area (Å²) in [5.41, 5.74) is -1.46. The number of hydrogen-bond acceptors (Lipinski definition) is 2. The van der Waals surface area contributed by atoms with Crippen LogP contribution >= 0.6 is 0 Å². The molecule has 0 aliphatic carbocycles. The molecule has 1 rings (SSSR count). The quantitative estimate of drug-likeness (QED) is 0.773. The molecule has 0 aromatic heterocycles. The van der Waals surface area contributed by atoms with Crippen molar-refractivity contribution in [1.82, 2.24) is 4.90 Å². The Morgan fingerprint density at radius 1 is 1.53 bits per heavy atom. The highest BCUT2D eigenvalue weighted by Crippen LogP contribution is 2.42. The fraction of sp³-hybridized carbons (Fsp3) is 0.917. The van der Waals surface area contributed by atoms with Gasteiger partial charge in [-0.1, -0.05) is 33.6 Å². The number of carbonyl (C=O) groups is 1. The average Bonchev–Trinajstić information content (AvgIpc) is 2.45. The highest BCUT2D eigenvalue weighted by Gasteiger charge is 2.53. The van der Waals surface area contributed by atoms with Crippen LogP contribution in [0.4, 0.5) is 0 Å². The molecule has 0 bridgehead atoms. The van der Waals surface area contributed by atoms with Gasteiger partial charge in [0.15, 0.2) is 0 Å². The summed E-state index contributed by atoms with van der Waals surface area (Å²) in [5.74, 6) is -0.108. The van der Waals surface area contributed by atoms with Crippen molar-refractivity contribution in [2.24, 2.45) is 5.41 Å². The molecule has 1 aliphatic heterocycles. The Labute approximate surface area is 92.5 Å². The minimum absolute atomic E-state index is 0.108. The second-order valence-corrected chi connectivity index (χ2v) is 5.32. The summed E-state index contributed by atoms with van der Waals surface area (Å²) in [4.78, 5) is 13.5. The van der Waals surface area contributed by atoms with Gasteiger partial charge in [0.25, 0.3) is 5.91 Å². The van der Waals surface area contributed by atoms with E-state index < -0.39 is 5.60 Å². The van der Waals surface area contributed by atoms with Gasteiger partial charge < -0.3 is 10.0 Å². The van der Waals surface area contributed by atoms with Crippen molar-refractivity contribution in [3.8, 4) is 0 Å². The Bertz CT molecular complexity index is 250. The van der Waals surface area contributed by atoms with Crippen molar-refractivity contribution in [2.45, 2.75) is 52.1 Å². The fourth-order valence-corrected chi connectivity index (χ4v) is 2.31. The summed E-state index contributed by atoms with van der Waals surface area (Å²) in [6, 6.07) is 0. The highest BCUT2D eigenvalue weighted by atomic mass is 16.3. The molecule has 1 aliphatic rings. The molecule has 1 amide bonds. The number of hydrogen-bond donors (Lipinski definition) is 1. The molecule has 88 valence electrons. The van der Waals surface area contributed by atoms with E-state index in [1.54, 1.807) is 11.9 Å². The lowest BCUT2D eigenvalue weighted by Crippen LogP contribution is -2.50. The molecular formula is C12H23NO2. The number of likely N-dealkylation sites (tertiary alicyclic amines) is 1. The summed E-state index contributed by atoms with van der Waals surface area (Å²) >= 11 is 0. The summed E-state index contributed by atoms with van der Waals surface area (Å²) in [6.07, 6.45) is 3.63. The molecule has 1 heterocycles. The molecule has 1 atom stereocenters. The largest absolute Gasteiger partial charge is 0.379 e. The van der Waals surface area contributed by atoms with Gasteiger partial charge in [-0.05, 0) is 6.42 Å². The third-order valence-electron chi connectivity index (χ3n) is 3.78. The molecule has 0 saturated carbocycles. The summed E-state index contributed by atoms with van der Waals surface area (Å²) < 4.78 is 0. The summed E-state index contributed by atoms with van der Waals surface area (Å²) in [5, 5.41) is 10.5. The van der Waals surface area contributed by atoms with Gasteiger partial charge >= 0.3 is 0 Å². The topological polar surface area (TPSA) is 40.5 Å². The van der Waals surface area contributed by atoms with Crippen molar-refractivity contribution in [2.75, 3.05) is 13.6 Å². The summed E-state index contributed by atoms with van der Waals surface area (Å²) in [6.45, 7) is 6.80. The maximum atomic E-state index is 11.9. The van der Waals surface area contributed by atoms with Crippen molar-refractivity contribution in [3.05, 3.63) is 0 Å². The summed E-state index contributed by atoms with van der Waals surface area (Å²) in [7, 11) is 1.76. The van der Waals surface area contributed by atoms with Gasteiger partial charge in [-0.25, -0.2) is 0 Å². The lowest BCUT2D eigenvalue weighted by molar-refractivity contribution is -0.154. The molecule has 1 fully saturated rings. The number of likely N-dealkylation sites (N-methyl/N-ethyl adjacent to an activating group) is 1. The normalized spacial score (nSPS) is 27.5. The molecule has 1 saturated heterocycles. The zero-order chi connectivity index (χ0) is 11.7. The third kappa shape index (κ3) is 2.03. The Balaban J connectivity index is 2.80. The van der Waals surface area contributed by atoms with Crippen LogP contribution in [0.15, 0.2) is 0 Å². The monoisotopic (exact) mass is 213 g/mol. The molecule has 3 heteroatoms. The first-order chi connectivity index (χ1) is 6.85.